The molecule has 37 heavy (non-hydrogen) atoms. The number of oxazole rings is 1. The van der Waals surface area contributed by atoms with Crippen LogP contribution in [0.2, 0.25) is 0 Å². The van der Waals surface area contributed by atoms with Crippen molar-refractivity contribution in [3.63, 3.8) is 0 Å². The molecule has 0 radical (unpaired) electrons. The van der Waals surface area contributed by atoms with Crippen LogP contribution >= 0.6 is 0 Å². The molecule has 1 heterocycles. The standard InChI is InChI=1S/C31H43N2O3.BrH/c1-25-16-18-26(19-17-25)24-35-21-20-33(2,3)23-29-22-32-30(36-29)31(34,28-14-10-7-11-15-28)27-12-8-5-4-6-9-13-27;/h7,10-11,14-19,22,27,34H,4-6,8-9,12-13,20-21,23-24H2,1-3H3;1H/q+1;/p-1. The number of aliphatic hydroxyl groups is 1. The normalized spacial score (nSPS) is 16.9. The molecule has 5 nitrogen and oxygen atoms in total. The van der Waals surface area contributed by atoms with Gasteiger partial charge in [0.1, 0.15) is 13.1 Å². The van der Waals surface area contributed by atoms with Crippen molar-refractivity contribution < 1.29 is 35.7 Å². The molecule has 0 saturated heterocycles. The molecule has 0 bridgehead atoms. The number of aromatic nitrogens is 1. The zero-order valence-electron chi connectivity index (χ0n) is 22.7. The van der Waals surface area contributed by atoms with E-state index in [0.717, 1.165) is 48.0 Å². The topological polar surface area (TPSA) is 55.5 Å². The minimum atomic E-state index is -1.20. The van der Waals surface area contributed by atoms with Gasteiger partial charge in [-0.2, -0.15) is 0 Å². The Morgan fingerprint density at radius 3 is 2.30 bits per heavy atom. The fourth-order valence-electron chi connectivity index (χ4n) is 5.34. The summed E-state index contributed by atoms with van der Waals surface area (Å²) in [5.74, 6) is 1.34. The number of hydrogen-bond acceptors (Lipinski definition) is 4. The number of benzene rings is 2. The van der Waals surface area contributed by atoms with Gasteiger partial charge in [-0.15, -0.1) is 0 Å². The zero-order valence-corrected chi connectivity index (χ0v) is 24.3. The molecule has 1 fully saturated rings. The van der Waals surface area contributed by atoms with E-state index < -0.39 is 5.60 Å². The smallest absolute Gasteiger partial charge is 0.231 e. The van der Waals surface area contributed by atoms with Crippen LogP contribution in [-0.2, 0) is 23.5 Å². The molecule has 4 rings (SSSR count). The average Bonchev–Trinajstić information content (AvgIpc) is 3.31. The fourth-order valence-corrected chi connectivity index (χ4v) is 5.34. The maximum atomic E-state index is 12.2. The maximum absolute atomic E-state index is 12.2. The van der Waals surface area contributed by atoms with Gasteiger partial charge in [-0.1, -0.05) is 92.3 Å². The predicted molar refractivity (Wildman–Crippen MR) is 143 cm³/mol. The van der Waals surface area contributed by atoms with Gasteiger partial charge in [0.25, 0.3) is 0 Å². The maximum Gasteiger partial charge on any atom is 0.231 e. The van der Waals surface area contributed by atoms with E-state index in [1.54, 1.807) is 6.20 Å². The molecule has 0 amide bonds. The highest BCUT2D eigenvalue weighted by Crippen LogP contribution is 2.42. The quantitative estimate of drug-likeness (QED) is 0.300. The van der Waals surface area contributed by atoms with E-state index in [9.17, 15) is 5.11 Å². The second kappa shape index (κ2) is 13.7. The molecule has 202 valence electrons. The molecule has 1 aromatic heterocycles. The molecular formula is C31H43BrN2O3. The van der Waals surface area contributed by atoms with Gasteiger partial charge in [-0.3, -0.25) is 0 Å². The van der Waals surface area contributed by atoms with E-state index in [2.05, 4.69) is 50.3 Å². The Morgan fingerprint density at radius 2 is 1.62 bits per heavy atom. The first-order chi connectivity index (χ1) is 17.4. The Morgan fingerprint density at radius 1 is 0.973 bits per heavy atom. The third kappa shape index (κ3) is 8.00. The lowest BCUT2D eigenvalue weighted by Gasteiger charge is -2.35. The Balaban J connectivity index is 0.00000380. The largest absolute Gasteiger partial charge is 1.00 e. The predicted octanol–water partition coefficient (Wildman–Crippen LogP) is 3.38. The van der Waals surface area contributed by atoms with Crippen molar-refractivity contribution in [3.05, 3.63) is 89.1 Å². The molecule has 0 spiro atoms. The van der Waals surface area contributed by atoms with Crippen LogP contribution in [0.4, 0.5) is 0 Å². The van der Waals surface area contributed by atoms with Gasteiger partial charge in [0.2, 0.25) is 5.89 Å². The van der Waals surface area contributed by atoms with Crippen LogP contribution in [0.5, 0.6) is 0 Å². The van der Waals surface area contributed by atoms with E-state index in [4.69, 9.17) is 9.15 Å². The lowest BCUT2D eigenvalue weighted by atomic mass is 9.74. The molecule has 0 aliphatic heterocycles. The van der Waals surface area contributed by atoms with Gasteiger partial charge in [0, 0.05) is 5.92 Å². The summed E-state index contributed by atoms with van der Waals surface area (Å²) in [6, 6.07) is 18.5. The van der Waals surface area contributed by atoms with Crippen LogP contribution in [0, 0.1) is 12.8 Å². The van der Waals surface area contributed by atoms with E-state index in [1.165, 1.54) is 30.4 Å². The molecule has 1 N–H and O–H groups in total. The fraction of sp³-hybridized carbons (Fsp3) is 0.516. The first-order valence-electron chi connectivity index (χ1n) is 13.6. The van der Waals surface area contributed by atoms with Crippen LogP contribution in [0.25, 0.3) is 0 Å². The highest BCUT2D eigenvalue weighted by Gasteiger charge is 2.44. The van der Waals surface area contributed by atoms with Crippen LogP contribution in [0.3, 0.4) is 0 Å². The number of nitrogens with zero attached hydrogens (tertiary/aromatic N) is 2. The van der Waals surface area contributed by atoms with Crippen molar-refractivity contribution in [2.24, 2.45) is 5.92 Å². The summed E-state index contributed by atoms with van der Waals surface area (Å²) in [5.41, 5.74) is 2.13. The third-order valence-electron chi connectivity index (χ3n) is 7.60. The first-order valence-corrected chi connectivity index (χ1v) is 13.6. The number of hydrogen-bond donors (Lipinski definition) is 1. The second-order valence-corrected chi connectivity index (χ2v) is 11.2. The summed E-state index contributed by atoms with van der Waals surface area (Å²) < 4.78 is 13.0. The lowest BCUT2D eigenvalue weighted by Crippen LogP contribution is -3.00. The van der Waals surface area contributed by atoms with Gasteiger partial charge in [0.15, 0.2) is 11.4 Å². The van der Waals surface area contributed by atoms with Crippen LogP contribution in [0.15, 0.2) is 65.2 Å². The van der Waals surface area contributed by atoms with Gasteiger partial charge in [-0.05, 0) is 30.9 Å². The zero-order chi connectivity index (χ0) is 25.4. The number of ether oxygens (including phenoxy) is 1. The molecular weight excluding hydrogens is 528 g/mol. The van der Waals surface area contributed by atoms with Crippen LogP contribution in [0.1, 0.15) is 73.3 Å². The summed E-state index contributed by atoms with van der Waals surface area (Å²) >= 11 is 0. The Hall–Kier alpha value is -1.99. The molecule has 1 aliphatic carbocycles. The summed E-state index contributed by atoms with van der Waals surface area (Å²) in [5, 5.41) is 12.2. The number of quaternary nitrogens is 1. The van der Waals surface area contributed by atoms with Crippen molar-refractivity contribution in [1.29, 1.82) is 0 Å². The van der Waals surface area contributed by atoms with Crippen molar-refractivity contribution >= 4 is 0 Å². The Labute approximate surface area is 233 Å². The highest BCUT2D eigenvalue weighted by molar-refractivity contribution is 5.30. The SMILES string of the molecule is Cc1ccc(COCC[N+](C)(C)Cc2cnc(C(O)(c3ccccc3)C3CCCCCCC3)o2)cc1.[Br-]. The molecule has 3 aromatic rings. The molecule has 2 aromatic carbocycles. The number of aryl methyl sites for hydroxylation is 1. The van der Waals surface area contributed by atoms with Gasteiger partial charge in [-0.25, -0.2) is 4.98 Å². The van der Waals surface area contributed by atoms with E-state index in [1.807, 2.05) is 30.3 Å². The van der Waals surface area contributed by atoms with E-state index >= 15 is 0 Å². The molecule has 1 atom stereocenters. The molecule has 1 aliphatic rings. The first kappa shape index (κ1) is 29.6. The van der Waals surface area contributed by atoms with E-state index in [-0.39, 0.29) is 22.9 Å². The second-order valence-electron chi connectivity index (χ2n) is 11.2. The molecule has 1 saturated carbocycles. The minimum Gasteiger partial charge on any atom is -1.00 e. The number of rotatable bonds is 10. The van der Waals surface area contributed by atoms with Gasteiger partial charge >= 0.3 is 0 Å². The summed E-state index contributed by atoms with van der Waals surface area (Å²) in [7, 11) is 4.35. The van der Waals surface area contributed by atoms with Crippen LogP contribution < -0.4 is 17.0 Å². The molecule has 6 heteroatoms. The van der Waals surface area contributed by atoms with Crippen LogP contribution in [-0.4, -0.2) is 41.8 Å². The Bertz CT molecular complexity index is 1060. The van der Waals surface area contributed by atoms with Gasteiger partial charge < -0.3 is 35.7 Å². The van der Waals surface area contributed by atoms with Crippen molar-refractivity contribution in [1.82, 2.24) is 4.98 Å². The van der Waals surface area contributed by atoms with Crippen molar-refractivity contribution in [2.75, 3.05) is 27.2 Å². The average molecular weight is 572 g/mol. The number of halogens is 1. The minimum absolute atomic E-state index is 0. The summed E-state index contributed by atoms with van der Waals surface area (Å²) in [6.07, 6.45) is 9.82. The highest BCUT2D eigenvalue weighted by atomic mass is 79.9. The summed E-state index contributed by atoms with van der Waals surface area (Å²) in [4.78, 5) is 4.66. The third-order valence-corrected chi connectivity index (χ3v) is 7.60. The number of likely N-dealkylation sites (N-methyl/N-ethyl adjacent to an activating group) is 1. The van der Waals surface area contributed by atoms with E-state index in [0.29, 0.717) is 25.6 Å². The van der Waals surface area contributed by atoms with Crippen molar-refractivity contribution in [3.8, 4) is 0 Å². The summed E-state index contributed by atoms with van der Waals surface area (Å²) in [6.45, 7) is 4.93. The Kier molecular flexibility index (Phi) is 10.9. The monoisotopic (exact) mass is 570 g/mol. The lowest BCUT2D eigenvalue weighted by molar-refractivity contribution is -0.905. The van der Waals surface area contributed by atoms with Crippen molar-refractivity contribution in [2.45, 2.75) is 70.6 Å². The van der Waals surface area contributed by atoms with Gasteiger partial charge in [0.05, 0.1) is 33.5 Å². The molecule has 1 unspecified atom stereocenters.